The summed E-state index contributed by atoms with van der Waals surface area (Å²) < 4.78 is 12.0. The summed E-state index contributed by atoms with van der Waals surface area (Å²) in [5, 5.41) is 4.07. The van der Waals surface area contributed by atoms with Crippen molar-refractivity contribution in [2.45, 2.75) is 19.5 Å². The zero-order valence-electron chi connectivity index (χ0n) is 9.06. The van der Waals surface area contributed by atoms with Crippen LogP contribution in [0.25, 0.3) is 0 Å². The Morgan fingerprint density at radius 3 is 3.00 bits per heavy atom. The van der Waals surface area contributed by atoms with Crippen molar-refractivity contribution in [2.24, 2.45) is 5.73 Å². The molecule has 6 heteroatoms. The van der Waals surface area contributed by atoms with E-state index in [1.807, 2.05) is 0 Å². The maximum atomic E-state index is 5.49. The molecule has 0 fully saturated rings. The highest BCUT2D eigenvalue weighted by Gasteiger charge is 2.00. The highest BCUT2D eigenvalue weighted by atomic mass is 16.5. The monoisotopic (exact) mass is 214 g/mol. The van der Waals surface area contributed by atoms with Crippen molar-refractivity contribution in [3.8, 4) is 0 Å². The number of ether oxygens (including phenoxy) is 2. The SMILES string of the molecule is COCCOCCCn1ncnc1CN. The van der Waals surface area contributed by atoms with Crippen LogP contribution in [0.15, 0.2) is 6.33 Å². The van der Waals surface area contributed by atoms with Crippen molar-refractivity contribution in [1.29, 1.82) is 0 Å². The average Bonchev–Trinajstić information content (AvgIpc) is 2.70. The van der Waals surface area contributed by atoms with Crippen LogP contribution in [0.1, 0.15) is 12.2 Å². The maximum Gasteiger partial charge on any atom is 0.140 e. The molecule has 2 N–H and O–H groups in total. The third-order valence-electron chi connectivity index (χ3n) is 1.97. The van der Waals surface area contributed by atoms with Crippen molar-refractivity contribution in [3.05, 3.63) is 12.2 Å². The van der Waals surface area contributed by atoms with Crippen LogP contribution in [0.2, 0.25) is 0 Å². The third kappa shape index (κ3) is 4.37. The summed E-state index contributed by atoms with van der Waals surface area (Å²) in [6.07, 6.45) is 2.42. The van der Waals surface area contributed by atoms with Gasteiger partial charge in [0.25, 0.3) is 0 Å². The first kappa shape index (κ1) is 12.1. The zero-order valence-corrected chi connectivity index (χ0v) is 9.06. The Labute approximate surface area is 89.4 Å². The normalized spacial score (nSPS) is 10.8. The molecule has 0 spiro atoms. The Morgan fingerprint density at radius 2 is 2.27 bits per heavy atom. The molecule has 0 atom stereocenters. The van der Waals surface area contributed by atoms with E-state index in [0.717, 1.165) is 18.8 Å². The topological polar surface area (TPSA) is 75.2 Å². The molecule has 0 aliphatic carbocycles. The lowest BCUT2D eigenvalue weighted by molar-refractivity contribution is 0.0676. The Balaban J connectivity index is 2.09. The molecule has 0 saturated carbocycles. The molecule has 0 aromatic carbocycles. The van der Waals surface area contributed by atoms with Crippen LogP contribution in [0.4, 0.5) is 0 Å². The Kier molecular flexibility index (Phi) is 5.91. The molecule has 0 bridgehead atoms. The summed E-state index contributed by atoms with van der Waals surface area (Å²) >= 11 is 0. The molecular weight excluding hydrogens is 196 g/mol. The van der Waals surface area contributed by atoms with Gasteiger partial charge >= 0.3 is 0 Å². The summed E-state index contributed by atoms with van der Waals surface area (Å²) in [4.78, 5) is 4.03. The van der Waals surface area contributed by atoms with E-state index in [1.165, 1.54) is 6.33 Å². The van der Waals surface area contributed by atoms with Gasteiger partial charge < -0.3 is 15.2 Å². The van der Waals surface area contributed by atoms with E-state index in [4.69, 9.17) is 15.2 Å². The first-order chi connectivity index (χ1) is 7.38. The first-order valence-corrected chi connectivity index (χ1v) is 5.02. The molecule has 0 aliphatic heterocycles. The number of aromatic nitrogens is 3. The second-order valence-electron chi connectivity index (χ2n) is 3.06. The molecule has 1 heterocycles. The Bertz CT molecular complexity index is 264. The Morgan fingerprint density at radius 1 is 1.40 bits per heavy atom. The minimum Gasteiger partial charge on any atom is -0.382 e. The van der Waals surface area contributed by atoms with Gasteiger partial charge in [-0.3, -0.25) is 0 Å². The number of hydrogen-bond acceptors (Lipinski definition) is 5. The van der Waals surface area contributed by atoms with E-state index in [2.05, 4.69) is 10.1 Å². The van der Waals surface area contributed by atoms with Crippen LogP contribution in [-0.2, 0) is 22.6 Å². The second-order valence-corrected chi connectivity index (χ2v) is 3.06. The van der Waals surface area contributed by atoms with Gasteiger partial charge in [0.15, 0.2) is 0 Å². The summed E-state index contributed by atoms with van der Waals surface area (Å²) in [7, 11) is 1.66. The predicted molar refractivity (Wildman–Crippen MR) is 55.2 cm³/mol. The van der Waals surface area contributed by atoms with Crippen LogP contribution in [0, 0.1) is 0 Å². The van der Waals surface area contributed by atoms with E-state index < -0.39 is 0 Å². The third-order valence-corrected chi connectivity index (χ3v) is 1.97. The number of aryl methyl sites for hydroxylation is 1. The highest BCUT2D eigenvalue weighted by molar-refractivity contribution is 4.81. The van der Waals surface area contributed by atoms with Crippen LogP contribution < -0.4 is 5.73 Å². The summed E-state index contributed by atoms with van der Waals surface area (Å²) in [6, 6.07) is 0. The van der Waals surface area contributed by atoms with Crippen molar-refractivity contribution in [1.82, 2.24) is 14.8 Å². The van der Waals surface area contributed by atoms with Gasteiger partial charge in [-0.2, -0.15) is 5.10 Å². The van der Waals surface area contributed by atoms with Gasteiger partial charge in [-0.25, -0.2) is 9.67 Å². The molecule has 0 unspecified atom stereocenters. The minimum atomic E-state index is 0.421. The quantitative estimate of drug-likeness (QED) is 0.606. The van der Waals surface area contributed by atoms with Gasteiger partial charge in [0.05, 0.1) is 19.8 Å². The van der Waals surface area contributed by atoms with E-state index in [9.17, 15) is 0 Å². The molecule has 1 aromatic heterocycles. The van der Waals surface area contributed by atoms with Crippen molar-refractivity contribution in [3.63, 3.8) is 0 Å². The van der Waals surface area contributed by atoms with Gasteiger partial charge in [-0.15, -0.1) is 0 Å². The summed E-state index contributed by atoms with van der Waals surface area (Å²) in [6.45, 7) is 3.19. The lowest BCUT2D eigenvalue weighted by atomic mass is 10.4. The minimum absolute atomic E-state index is 0.421. The molecule has 1 aromatic rings. The smallest absolute Gasteiger partial charge is 0.140 e. The van der Waals surface area contributed by atoms with Crippen LogP contribution in [-0.4, -0.2) is 41.7 Å². The lowest BCUT2D eigenvalue weighted by Crippen LogP contribution is -2.12. The fourth-order valence-corrected chi connectivity index (χ4v) is 1.19. The number of methoxy groups -OCH3 is 1. The summed E-state index contributed by atoms with van der Waals surface area (Å²) in [5.74, 6) is 0.812. The van der Waals surface area contributed by atoms with Gasteiger partial charge in [-0.05, 0) is 6.42 Å². The molecule has 0 saturated heterocycles. The van der Waals surface area contributed by atoms with Gasteiger partial charge in [0.1, 0.15) is 12.2 Å². The molecule has 6 nitrogen and oxygen atoms in total. The molecule has 86 valence electrons. The Hall–Kier alpha value is -0.980. The molecule has 0 amide bonds. The number of hydrogen-bond donors (Lipinski definition) is 1. The predicted octanol–water partition coefficient (Wildman–Crippen LogP) is -0.210. The lowest BCUT2D eigenvalue weighted by Gasteiger charge is -2.05. The first-order valence-electron chi connectivity index (χ1n) is 5.02. The van der Waals surface area contributed by atoms with E-state index in [0.29, 0.717) is 26.4 Å². The van der Waals surface area contributed by atoms with Crippen LogP contribution >= 0.6 is 0 Å². The van der Waals surface area contributed by atoms with Gasteiger partial charge in [-0.1, -0.05) is 0 Å². The summed E-state index contributed by atoms with van der Waals surface area (Å²) in [5.41, 5.74) is 5.49. The van der Waals surface area contributed by atoms with Crippen LogP contribution in [0.3, 0.4) is 0 Å². The standard InChI is InChI=1S/C9H18N4O2/c1-14-5-6-15-4-2-3-13-9(7-10)11-8-12-13/h8H,2-7,10H2,1H3. The number of nitrogens with two attached hydrogens (primary N) is 1. The number of rotatable bonds is 8. The fourth-order valence-electron chi connectivity index (χ4n) is 1.19. The molecule has 1 rings (SSSR count). The van der Waals surface area contributed by atoms with Gasteiger partial charge in [0, 0.05) is 20.3 Å². The highest BCUT2D eigenvalue weighted by Crippen LogP contribution is 1.95. The molecule has 0 radical (unpaired) electrons. The van der Waals surface area contributed by atoms with Crippen LogP contribution in [0.5, 0.6) is 0 Å². The fraction of sp³-hybridized carbons (Fsp3) is 0.778. The molecule has 15 heavy (non-hydrogen) atoms. The van der Waals surface area contributed by atoms with E-state index in [1.54, 1.807) is 11.8 Å². The second kappa shape index (κ2) is 7.33. The maximum absolute atomic E-state index is 5.49. The van der Waals surface area contributed by atoms with Gasteiger partial charge in [0.2, 0.25) is 0 Å². The zero-order chi connectivity index (χ0) is 10.9. The van der Waals surface area contributed by atoms with Crippen molar-refractivity contribution < 1.29 is 9.47 Å². The molecule has 0 aliphatic rings. The largest absolute Gasteiger partial charge is 0.382 e. The molecular formula is C9H18N4O2. The van der Waals surface area contributed by atoms with Crippen molar-refractivity contribution >= 4 is 0 Å². The van der Waals surface area contributed by atoms with E-state index in [-0.39, 0.29) is 0 Å². The van der Waals surface area contributed by atoms with Crippen molar-refractivity contribution in [2.75, 3.05) is 26.9 Å². The number of nitrogens with zero attached hydrogens (tertiary/aromatic N) is 3. The van der Waals surface area contributed by atoms with E-state index >= 15 is 0 Å². The average molecular weight is 214 g/mol.